The van der Waals surface area contributed by atoms with E-state index in [1.54, 1.807) is 0 Å². The van der Waals surface area contributed by atoms with Crippen LogP contribution >= 0.6 is 0 Å². The predicted molar refractivity (Wildman–Crippen MR) is 22.1 cm³/mol. The molecule has 0 unspecified atom stereocenters. The minimum absolute atomic E-state index is 0. The Bertz CT molecular complexity index is 8.00. The summed E-state index contributed by atoms with van der Waals surface area (Å²) in [5, 5.41) is 0. The van der Waals surface area contributed by atoms with E-state index in [2.05, 4.69) is 0 Å². The Morgan fingerprint density at radius 1 is 1.00 bits per heavy atom. The van der Waals surface area contributed by atoms with Gasteiger partial charge in [-0.05, 0) is 0 Å². The van der Waals surface area contributed by atoms with Crippen LogP contribution in [0.15, 0.2) is 0 Å². The van der Waals surface area contributed by atoms with E-state index in [1.807, 2.05) is 0 Å². The predicted octanol–water partition coefficient (Wildman–Crippen LogP) is -2.93. The van der Waals surface area contributed by atoms with Crippen LogP contribution in [-0.2, 0) is 17.1 Å². The molecule has 0 aromatic heterocycles. The fraction of sp³-hybridized carbons (Fsp3) is 0. The normalized spacial score (nSPS) is 0. The van der Waals surface area contributed by atoms with Gasteiger partial charge in [0.15, 0.2) is 0 Å². The molecule has 0 spiro atoms. The first kappa shape index (κ1) is 39.6. The van der Waals surface area contributed by atoms with E-state index in [0.29, 0.717) is 0 Å². The van der Waals surface area contributed by atoms with Crippen molar-refractivity contribution in [1.82, 2.24) is 0 Å². The molecule has 35 valence electrons. The molecule has 0 saturated heterocycles. The summed E-state index contributed by atoms with van der Waals surface area (Å²) >= 11 is 0. The van der Waals surface area contributed by atoms with Crippen molar-refractivity contribution in [2.45, 2.75) is 0 Å². The summed E-state index contributed by atoms with van der Waals surface area (Å²) in [6.45, 7) is 0. The first-order valence-corrected chi connectivity index (χ1v) is 0. The fourth-order valence-electron chi connectivity index (χ4n) is 0. The number of rotatable bonds is 0. The standard InChI is InChI=1S/Bi.Cu.H2O.H2Se.3H/h;;2*1H2;;;. The molecular formula is H7BiCuOSe. The van der Waals surface area contributed by atoms with Gasteiger partial charge < -0.3 is 5.48 Å². The van der Waals surface area contributed by atoms with Gasteiger partial charge in [-0.25, -0.2) is 0 Å². The molecule has 0 aliphatic heterocycles. The van der Waals surface area contributed by atoms with Gasteiger partial charge in [0.25, 0.3) is 0 Å². The Kier molecular flexibility index (Phi) is 206. The van der Waals surface area contributed by atoms with E-state index in [-0.39, 0.29) is 65.8 Å². The van der Waals surface area contributed by atoms with E-state index in [4.69, 9.17) is 0 Å². The molecule has 0 atom stereocenters. The Labute approximate surface area is 65.3 Å². The topological polar surface area (TPSA) is 31.5 Å². The second-order valence-corrected chi connectivity index (χ2v) is 0. The third-order valence-electron chi connectivity index (χ3n) is 0. The summed E-state index contributed by atoms with van der Waals surface area (Å²) < 4.78 is 0. The van der Waals surface area contributed by atoms with E-state index in [0.717, 1.165) is 0 Å². The Hall–Kier alpha value is 1.88. The quantitative estimate of drug-likeness (QED) is 0.407. The van der Waals surface area contributed by atoms with Crippen LogP contribution in [0, 0.1) is 0 Å². The number of hydrogen-bond donors (Lipinski definition) is 0. The molecule has 2 N–H and O–H groups in total. The van der Waals surface area contributed by atoms with Crippen molar-refractivity contribution < 1.29 is 22.5 Å². The second-order valence-electron chi connectivity index (χ2n) is 0. The summed E-state index contributed by atoms with van der Waals surface area (Å²) in [5.74, 6) is 0. The van der Waals surface area contributed by atoms with E-state index < -0.39 is 0 Å². The van der Waals surface area contributed by atoms with Crippen LogP contribution in [0.3, 0.4) is 0 Å². The summed E-state index contributed by atoms with van der Waals surface area (Å²) in [4.78, 5) is 0. The molecule has 0 bridgehead atoms. The van der Waals surface area contributed by atoms with Crippen molar-refractivity contribution in [3.8, 4) is 0 Å². The van der Waals surface area contributed by atoms with Gasteiger partial charge in [-0.15, -0.1) is 0 Å². The molecule has 0 aromatic rings. The molecule has 0 aromatic carbocycles. The molecule has 0 heterocycles. The van der Waals surface area contributed by atoms with Crippen LogP contribution in [0.2, 0.25) is 0 Å². The van der Waals surface area contributed by atoms with Crippen molar-refractivity contribution in [2.24, 2.45) is 0 Å². The van der Waals surface area contributed by atoms with Gasteiger partial charge in [-0.1, -0.05) is 0 Å². The zero-order valence-corrected chi connectivity index (χ0v) is 10.5. The van der Waals surface area contributed by atoms with E-state index in [1.165, 1.54) is 0 Å². The zero-order valence-electron chi connectivity index (χ0n) is 2.01. The molecule has 0 aliphatic carbocycles. The average Bonchev–Trinajstić information content (AvgIpc) is 0. The minimum atomic E-state index is 0. The van der Waals surface area contributed by atoms with Crippen molar-refractivity contribution in [2.75, 3.05) is 0 Å². The van der Waals surface area contributed by atoms with Crippen LogP contribution in [-0.4, -0.2) is 48.7 Å². The first-order valence-electron chi connectivity index (χ1n) is 0. The molecule has 0 amide bonds. The molecule has 1 radical (unpaired) electrons. The monoisotopic (exact) mass is 375 g/mol. The first-order chi connectivity index (χ1) is 0. The summed E-state index contributed by atoms with van der Waals surface area (Å²) in [5.41, 5.74) is 0. The molecule has 0 fully saturated rings. The van der Waals surface area contributed by atoms with Gasteiger partial charge in [0.2, 0.25) is 0 Å². The average molecular weight is 375 g/mol. The van der Waals surface area contributed by atoms with Crippen molar-refractivity contribution in [3.63, 3.8) is 0 Å². The van der Waals surface area contributed by atoms with E-state index in [9.17, 15) is 0 Å². The molecular weight excluding hydrogens is 367 g/mol. The van der Waals surface area contributed by atoms with Gasteiger partial charge in [-0.2, -0.15) is 0 Å². The molecule has 0 rings (SSSR count). The van der Waals surface area contributed by atoms with Gasteiger partial charge in [-0.3, -0.25) is 0 Å². The maximum atomic E-state index is 0. The van der Waals surface area contributed by atoms with Gasteiger partial charge >= 0.3 is 43.3 Å². The third kappa shape index (κ3) is 9.10. The molecule has 4 heavy (non-hydrogen) atoms. The van der Waals surface area contributed by atoms with Crippen LogP contribution < -0.4 is 0 Å². The van der Waals surface area contributed by atoms with Crippen molar-refractivity contribution in [3.05, 3.63) is 0 Å². The summed E-state index contributed by atoms with van der Waals surface area (Å²) in [6, 6.07) is 0. The zero-order chi connectivity index (χ0) is 0. The number of hydrogen-bond acceptors (Lipinski definition) is 0. The Morgan fingerprint density at radius 2 is 1.00 bits per heavy atom. The molecule has 1 nitrogen and oxygen atoms in total. The van der Waals surface area contributed by atoms with Crippen LogP contribution in [0.4, 0.5) is 0 Å². The molecule has 0 saturated carbocycles. The third-order valence-corrected chi connectivity index (χ3v) is 0. The van der Waals surface area contributed by atoms with Crippen LogP contribution in [0.1, 0.15) is 0 Å². The van der Waals surface area contributed by atoms with E-state index >= 15 is 0 Å². The van der Waals surface area contributed by atoms with Crippen LogP contribution in [0.5, 0.6) is 0 Å². The maximum absolute atomic E-state index is 0. The summed E-state index contributed by atoms with van der Waals surface area (Å²) in [7, 11) is 0. The van der Waals surface area contributed by atoms with Gasteiger partial charge in [0, 0.05) is 17.1 Å². The fourth-order valence-corrected chi connectivity index (χ4v) is 0. The van der Waals surface area contributed by atoms with Gasteiger partial charge in [0.05, 0.1) is 0 Å². The Morgan fingerprint density at radius 3 is 1.00 bits per heavy atom. The summed E-state index contributed by atoms with van der Waals surface area (Å²) in [6.07, 6.45) is 0. The second kappa shape index (κ2) is 20.8. The van der Waals surface area contributed by atoms with Crippen LogP contribution in [0.25, 0.3) is 0 Å². The Balaban J connectivity index is 0. The molecule has 4 heteroatoms. The van der Waals surface area contributed by atoms with Gasteiger partial charge in [0.1, 0.15) is 0 Å². The van der Waals surface area contributed by atoms with Crippen molar-refractivity contribution in [1.29, 1.82) is 0 Å². The SMILES string of the molecule is O.[BiH3].[Cu].[SeH2]. The molecule has 0 aliphatic rings. The van der Waals surface area contributed by atoms with Crippen molar-refractivity contribution >= 4 is 43.3 Å².